The highest BCUT2D eigenvalue weighted by Crippen LogP contribution is 2.28. The van der Waals surface area contributed by atoms with E-state index in [0.717, 1.165) is 16.7 Å². The van der Waals surface area contributed by atoms with Gasteiger partial charge in [-0.15, -0.1) is 0 Å². The van der Waals surface area contributed by atoms with Crippen LogP contribution in [0.3, 0.4) is 0 Å². The first-order chi connectivity index (χ1) is 15.1. The van der Waals surface area contributed by atoms with Gasteiger partial charge in [-0.2, -0.15) is 0 Å². The van der Waals surface area contributed by atoms with E-state index in [9.17, 15) is 13.2 Å². The van der Waals surface area contributed by atoms with E-state index in [2.05, 4.69) is 10.0 Å². The predicted octanol–water partition coefficient (Wildman–Crippen LogP) is 5.26. The molecule has 0 radical (unpaired) electrons. The fourth-order valence-electron chi connectivity index (χ4n) is 3.29. The van der Waals surface area contributed by atoms with Gasteiger partial charge in [0.25, 0.3) is 15.9 Å². The van der Waals surface area contributed by atoms with E-state index < -0.39 is 15.9 Å². The quantitative estimate of drug-likeness (QED) is 0.491. The largest absolute Gasteiger partial charge is 0.496 e. The summed E-state index contributed by atoms with van der Waals surface area (Å²) in [6.07, 6.45) is 0. The number of anilines is 1. The van der Waals surface area contributed by atoms with Crippen molar-refractivity contribution in [1.29, 1.82) is 0 Å². The molecular formula is C24H25ClN2O4S. The molecular weight excluding hydrogens is 448 g/mol. The van der Waals surface area contributed by atoms with Crippen LogP contribution in [0.1, 0.15) is 40.0 Å². The van der Waals surface area contributed by atoms with Gasteiger partial charge in [0, 0.05) is 11.1 Å². The van der Waals surface area contributed by atoms with Gasteiger partial charge >= 0.3 is 0 Å². The van der Waals surface area contributed by atoms with Gasteiger partial charge in [-0.05, 0) is 62.2 Å². The number of carbonyl (C=O) groups excluding carboxylic acids is 1. The van der Waals surface area contributed by atoms with Crippen LogP contribution in [0, 0.1) is 13.8 Å². The Hall–Kier alpha value is -3.03. The van der Waals surface area contributed by atoms with Gasteiger partial charge in [-0.3, -0.25) is 9.52 Å². The first-order valence-electron chi connectivity index (χ1n) is 9.96. The van der Waals surface area contributed by atoms with Crippen LogP contribution in [-0.4, -0.2) is 21.4 Å². The zero-order chi connectivity index (χ0) is 23.5. The van der Waals surface area contributed by atoms with Crippen molar-refractivity contribution < 1.29 is 17.9 Å². The van der Waals surface area contributed by atoms with Gasteiger partial charge in [-0.25, -0.2) is 8.42 Å². The third-order valence-corrected chi connectivity index (χ3v) is 7.13. The molecule has 6 nitrogen and oxygen atoms in total. The molecule has 0 saturated carbocycles. The number of halogens is 1. The number of sulfonamides is 1. The van der Waals surface area contributed by atoms with Crippen LogP contribution in [0.25, 0.3) is 0 Å². The minimum Gasteiger partial charge on any atom is -0.496 e. The van der Waals surface area contributed by atoms with E-state index in [1.165, 1.54) is 18.2 Å². The van der Waals surface area contributed by atoms with Crippen molar-refractivity contribution in [2.75, 3.05) is 11.8 Å². The van der Waals surface area contributed by atoms with E-state index in [-0.39, 0.29) is 21.5 Å². The first kappa shape index (κ1) is 23.6. The molecule has 32 heavy (non-hydrogen) atoms. The molecule has 3 aromatic carbocycles. The average Bonchev–Trinajstić information content (AvgIpc) is 2.76. The number of para-hydroxylation sites is 1. The second-order valence-electron chi connectivity index (χ2n) is 7.44. The molecule has 8 heteroatoms. The summed E-state index contributed by atoms with van der Waals surface area (Å²) in [7, 11) is -2.45. The second kappa shape index (κ2) is 9.63. The number of aryl methyl sites for hydroxylation is 1. The molecule has 2 N–H and O–H groups in total. The summed E-state index contributed by atoms with van der Waals surface area (Å²) >= 11 is 6.20. The van der Waals surface area contributed by atoms with Crippen molar-refractivity contribution in [2.45, 2.75) is 31.7 Å². The monoisotopic (exact) mass is 472 g/mol. The van der Waals surface area contributed by atoms with Crippen LogP contribution in [0.15, 0.2) is 65.6 Å². The summed E-state index contributed by atoms with van der Waals surface area (Å²) in [5.41, 5.74) is 3.21. The zero-order valence-electron chi connectivity index (χ0n) is 18.3. The predicted molar refractivity (Wildman–Crippen MR) is 127 cm³/mol. The van der Waals surface area contributed by atoms with Crippen molar-refractivity contribution in [1.82, 2.24) is 5.32 Å². The molecule has 0 aliphatic rings. The molecule has 0 aliphatic carbocycles. The van der Waals surface area contributed by atoms with Crippen LogP contribution < -0.4 is 14.8 Å². The molecule has 0 unspecified atom stereocenters. The number of rotatable bonds is 7. The lowest BCUT2D eigenvalue weighted by Crippen LogP contribution is -2.27. The SMILES string of the molecule is COc1ccccc1[C@@H](C)NC(=O)c1ccc(Cl)c(S(=O)(=O)Nc2cccc(C)c2C)c1. The molecule has 0 aromatic heterocycles. The molecule has 0 saturated heterocycles. The molecule has 3 rings (SSSR count). The van der Waals surface area contributed by atoms with Crippen molar-refractivity contribution in [3.63, 3.8) is 0 Å². The maximum atomic E-state index is 13.0. The molecule has 0 fully saturated rings. The van der Waals surface area contributed by atoms with Crippen LogP contribution >= 0.6 is 11.6 Å². The lowest BCUT2D eigenvalue weighted by Gasteiger charge is -2.18. The molecule has 0 bridgehead atoms. The number of hydrogen-bond acceptors (Lipinski definition) is 4. The minimum atomic E-state index is -4.01. The van der Waals surface area contributed by atoms with E-state index in [1.54, 1.807) is 19.2 Å². The Morgan fingerprint density at radius 2 is 1.75 bits per heavy atom. The van der Waals surface area contributed by atoms with Crippen molar-refractivity contribution in [3.05, 3.63) is 87.9 Å². The lowest BCUT2D eigenvalue weighted by atomic mass is 10.1. The summed E-state index contributed by atoms with van der Waals surface area (Å²) in [4.78, 5) is 12.7. The highest BCUT2D eigenvalue weighted by molar-refractivity contribution is 7.92. The Labute approximate surface area is 193 Å². The summed E-state index contributed by atoms with van der Waals surface area (Å²) < 4.78 is 34.0. The van der Waals surface area contributed by atoms with Gasteiger partial charge in [-0.1, -0.05) is 41.9 Å². The van der Waals surface area contributed by atoms with Gasteiger partial charge < -0.3 is 10.1 Å². The van der Waals surface area contributed by atoms with E-state index in [4.69, 9.17) is 16.3 Å². The Balaban J connectivity index is 1.87. The van der Waals surface area contributed by atoms with Crippen LogP contribution in [0.2, 0.25) is 5.02 Å². The number of amides is 1. The molecule has 0 aliphatic heterocycles. The summed E-state index contributed by atoms with van der Waals surface area (Å²) in [6.45, 7) is 5.55. The molecule has 0 spiro atoms. The van der Waals surface area contributed by atoms with Gasteiger partial charge in [0.15, 0.2) is 0 Å². The number of nitrogens with one attached hydrogen (secondary N) is 2. The van der Waals surface area contributed by atoms with Crippen molar-refractivity contribution >= 4 is 33.2 Å². The third-order valence-electron chi connectivity index (χ3n) is 5.28. The van der Waals surface area contributed by atoms with Crippen molar-refractivity contribution in [2.24, 2.45) is 0 Å². The molecule has 3 aromatic rings. The maximum Gasteiger partial charge on any atom is 0.263 e. The third kappa shape index (κ3) is 5.06. The summed E-state index contributed by atoms with van der Waals surface area (Å²) in [6, 6.07) is 16.5. The smallest absolute Gasteiger partial charge is 0.263 e. The van der Waals surface area contributed by atoms with E-state index >= 15 is 0 Å². The number of ether oxygens (including phenoxy) is 1. The van der Waals surface area contributed by atoms with Gasteiger partial charge in [0.05, 0.1) is 23.9 Å². The minimum absolute atomic E-state index is 0.0251. The van der Waals surface area contributed by atoms with Crippen LogP contribution in [0.5, 0.6) is 5.75 Å². The lowest BCUT2D eigenvalue weighted by molar-refractivity contribution is 0.0939. The number of benzene rings is 3. The summed E-state index contributed by atoms with van der Waals surface area (Å²) in [5.74, 6) is 0.223. The van der Waals surface area contributed by atoms with E-state index in [0.29, 0.717) is 11.4 Å². The highest BCUT2D eigenvalue weighted by atomic mass is 35.5. The van der Waals surface area contributed by atoms with Gasteiger partial charge in [0.2, 0.25) is 0 Å². The number of carbonyl (C=O) groups is 1. The second-order valence-corrected chi connectivity index (χ2v) is 9.49. The topological polar surface area (TPSA) is 84.5 Å². The Morgan fingerprint density at radius 1 is 1.03 bits per heavy atom. The Bertz CT molecular complexity index is 1260. The number of methoxy groups -OCH3 is 1. The Morgan fingerprint density at radius 3 is 2.47 bits per heavy atom. The van der Waals surface area contributed by atoms with Crippen LogP contribution in [-0.2, 0) is 10.0 Å². The van der Waals surface area contributed by atoms with E-state index in [1.807, 2.05) is 51.1 Å². The van der Waals surface area contributed by atoms with Gasteiger partial charge in [0.1, 0.15) is 10.6 Å². The van der Waals surface area contributed by atoms with Crippen molar-refractivity contribution in [3.8, 4) is 5.75 Å². The fourth-order valence-corrected chi connectivity index (χ4v) is 4.94. The molecule has 0 heterocycles. The fraction of sp³-hybridized carbons (Fsp3) is 0.208. The molecule has 1 amide bonds. The normalized spacial score (nSPS) is 12.2. The standard InChI is InChI=1S/C24H25ClN2O4S/c1-15-8-7-10-21(16(15)2)27-32(29,30)23-14-18(12-13-20(23)25)24(28)26-17(3)19-9-5-6-11-22(19)31-4/h5-14,17,27H,1-4H3,(H,26,28)/t17-/m1/s1. The maximum absolute atomic E-state index is 13.0. The first-order valence-corrected chi connectivity index (χ1v) is 11.8. The number of hydrogen-bond donors (Lipinski definition) is 2. The molecule has 168 valence electrons. The average molecular weight is 473 g/mol. The van der Waals surface area contributed by atoms with Crippen LogP contribution in [0.4, 0.5) is 5.69 Å². The highest BCUT2D eigenvalue weighted by Gasteiger charge is 2.22. The molecule has 1 atom stereocenters. The summed E-state index contributed by atoms with van der Waals surface area (Å²) in [5, 5.41) is 2.90. The Kier molecular flexibility index (Phi) is 7.11. The zero-order valence-corrected chi connectivity index (χ0v) is 19.8.